The van der Waals surface area contributed by atoms with Crippen LogP contribution in [0.4, 0.5) is 0 Å². The second kappa shape index (κ2) is 5.30. The summed E-state index contributed by atoms with van der Waals surface area (Å²) in [5.41, 5.74) is -0.118. The minimum Gasteiger partial charge on any atom is -0.481 e. The molecule has 0 saturated heterocycles. The van der Waals surface area contributed by atoms with Gasteiger partial charge in [-0.15, -0.1) is 0 Å². The Morgan fingerprint density at radius 2 is 2.00 bits per heavy atom. The Bertz CT molecular complexity index is 276. The van der Waals surface area contributed by atoms with Gasteiger partial charge in [0.2, 0.25) is 0 Å². The predicted molar refractivity (Wildman–Crippen MR) is 59.3 cm³/mol. The average molecular weight is 229 g/mol. The van der Waals surface area contributed by atoms with Crippen LogP contribution in [0.25, 0.3) is 0 Å². The van der Waals surface area contributed by atoms with Crippen molar-refractivity contribution < 1.29 is 19.8 Å². The molecule has 0 aromatic carbocycles. The van der Waals surface area contributed by atoms with Gasteiger partial charge >= 0.3 is 5.97 Å². The summed E-state index contributed by atoms with van der Waals surface area (Å²) < 4.78 is 0. The number of carboxylic acids is 1. The van der Waals surface area contributed by atoms with E-state index in [2.05, 4.69) is 5.16 Å². The first-order valence-electron chi connectivity index (χ1n) is 5.51. The summed E-state index contributed by atoms with van der Waals surface area (Å²) >= 11 is 0. The molecule has 16 heavy (non-hydrogen) atoms. The van der Waals surface area contributed by atoms with E-state index in [9.17, 15) is 9.90 Å². The zero-order valence-corrected chi connectivity index (χ0v) is 9.77. The van der Waals surface area contributed by atoms with E-state index in [4.69, 9.17) is 9.94 Å². The summed E-state index contributed by atoms with van der Waals surface area (Å²) in [7, 11) is 0. The Balaban J connectivity index is 2.38. The smallest absolute Gasteiger partial charge is 0.306 e. The Morgan fingerprint density at radius 3 is 2.44 bits per heavy atom. The number of oxime groups is 1. The van der Waals surface area contributed by atoms with Gasteiger partial charge in [-0.2, -0.15) is 0 Å². The lowest BCUT2D eigenvalue weighted by Gasteiger charge is -2.33. The summed E-state index contributed by atoms with van der Waals surface area (Å²) in [5, 5.41) is 22.7. The van der Waals surface area contributed by atoms with E-state index in [-0.39, 0.29) is 12.5 Å². The fraction of sp³-hybridized carbons (Fsp3) is 0.818. The van der Waals surface area contributed by atoms with Crippen LogP contribution in [0.2, 0.25) is 0 Å². The van der Waals surface area contributed by atoms with Crippen LogP contribution < -0.4 is 0 Å². The van der Waals surface area contributed by atoms with Crippen LogP contribution in [0.15, 0.2) is 5.16 Å². The lowest BCUT2D eigenvalue weighted by Crippen LogP contribution is -2.39. The molecule has 0 radical (unpaired) electrons. The van der Waals surface area contributed by atoms with Crippen LogP contribution in [-0.2, 0) is 9.63 Å². The molecule has 0 unspecified atom stereocenters. The number of aliphatic carboxylic acids is 1. The van der Waals surface area contributed by atoms with Crippen molar-refractivity contribution in [3.05, 3.63) is 0 Å². The molecule has 1 fully saturated rings. The first-order valence-corrected chi connectivity index (χ1v) is 5.51. The Kier molecular flexibility index (Phi) is 4.29. The molecule has 1 rings (SSSR count). The predicted octanol–water partition coefficient (Wildman–Crippen LogP) is 1.40. The molecule has 1 aliphatic rings. The Hall–Kier alpha value is -1.10. The second-order valence-corrected chi connectivity index (χ2v) is 4.65. The lowest BCUT2D eigenvalue weighted by atomic mass is 9.79. The molecule has 0 bridgehead atoms. The number of hydrogen-bond donors (Lipinski definition) is 2. The van der Waals surface area contributed by atoms with Crippen molar-refractivity contribution in [2.24, 2.45) is 11.1 Å². The quantitative estimate of drug-likeness (QED) is 0.564. The number of aliphatic hydroxyl groups is 1. The Morgan fingerprint density at radius 1 is 1.44 bits per heavy atom. The summed E-state index contributed by atoms with van der Waals surface area (Å²) in [6, 6.07) is 0. The van der Waals surface area contributed by atoms with Gasteiger partial charge in [0.25, 0.3) is 0 Å². The molecule has 1 saturated carbocycles. The van der Waals surface area contributed by atoms with E-state index in [1.807, 2.05) is 13.8 Å². The first-order chi connectivity index (χ1) is 7.43. The van der Waals surface area contributed by atoms with Gasteiger partial charge in [0.15, 0.2) is 0 Å². The van der Waals surface area contributed by atoms with Gasteiger partial charge in [0, 0.05) is 0 Å². The van der Waals surface area contributed by atoms with E-state index in [1.54, 1.807) is 0 Å². The molecule has 0 spiro atoms. The fourth-order valence-corrected chi connectivity index (χ4v) is 1.83. The van der Waals surface area contributed by atoms with Gasteiger partial charge in [-0.05, 0) is 39.5 Å². The van der Waals surface area contributed by atoms with Crippen molar-refractivity contribution >= 4 is 11.7 Å². The highest BCUT2D eigenvalue weighted by Gasteiger charge is 2.36. The standard InChI is InChI=1S/C11H19NO4/c1-8(2)12-16-7-11(15)5-3-9(4-6-11)10(13)14/h9,15H,3-7H2,1-2H3,(H,13,14). The monoisotopic (exact) mass is 229 g/mol. The summed E-state index contributed by atoms with van der Waals surface area (Å²) in [6.45, 7) is 3.77. The molecule has 92 valence electrons. The van der Waals surface area contributed by atoms with Crippen LogP contribution in [0.5, 0.6) is 0 Å². The molecule has 0 aromatic rings. The summed E-state index contributed by atoms with van der Waals surface area (Å²) in [6.07, 6.45) is 1.93. The molecule has 5 nitrogen and oxygen atoms in total. The van der Waals surface area contributed by atoms with E-state index in [1.165, 1.54) is 0 Å². The molecule has 0 heterocycles. The van der Waals surface area contributed by atoms with E-state index >= 15 is 0 Å². The molecule has 0 aromatic heterocycles. The van der Waals surface area contributed by atoms with Crippen LogP contribution in [0.3, 0.4) is 0 Å². The number of rotatable bonds is 4. The van der Waals surface area contributed by atoms with Crippen molar-refractivity contribution in [3.63, 3.8) is 0 Å². The van der Waals surface area contributed by atoms with E-state index < -0.39 is 11.6 Å². The van der Waals surface area contributed by atoms with E-state index in [0.29, 0.717) is 25.7 Å². The van der Waals surface area contributed by atoms with Crippen LogP contribution in [0.1, 0.15) is 39.5 Å². The van der Waals surface area contributed by atoms with Crippen molar-refractivity contribution in [2.75, 3.05) is 6.61 Å². The maximum Gasteiger partial charge on any atom is 0.306 e. The molecular formula is C11H19NO4. The number of hydrogen-bond acceptors (Lipinski definition) is 4. The van der Waals surface area contributed by atoms with E-state index in [0.717, 1.165) is 5.71 Å². The highest BCUT2D eigenvalue weighted by Crippen LogP contribution is 2.32. The molecule has 1 aliphatic carbocycles. The Labute approximate surface area is 95.1 Å². The SMILES string of the molecule is CC(C)=NOCC1(O)CCC(C(=O)O)CC1. The van der Waals surface area contributed by atoms with Crippen LogP contribution in [-0.4, -0.2) is 34.1 Å². The molecule has 0 aliphatic heterocycles. The number of nitrogens with zero attached hydrogens (tertiary/aromatic N) is 1. The zero-order chi connectivity index (χ0) is 12.2. The summed E-state index contributed by atoms with van der Waals surface area (Å²) in [5.74, 6) is -1.10. The van der Waals surface area contributed by atoms with Crippen molar-refractivity contribution in [1.29, 1.82) is 0 Å². The van der Waals surface area contributed by atoms with Gasteiger partial charge in [0.05, 0.1) is 11.6 Å². The normalized spacial score (nSPS) is 29.6. The van der Waals surface area contributed by atoms with Crippen molar-refractivity contribution in [3.8, 4) is 0 Å². The van der Waals surface area contributed by atoms with Gasteiger partial charge < -0.3 is 15.1 Å². The minimum atomic E-state index is -0.912. The van der Waals surface area contributed by atoms with Crippen LogP contribution in [0, 0.1) is 5.92 Å². The molecule has 0 amide bonds. The molecule has 0 atom stereocenters. The van der Waals surface area contributed by atoms with Gasteiger partial charge in [0.1, 0.15) is 12.2 Å². The highest BCUT2D eigenvalue weighted by molar-refractivity contribution is 5.78. The molecule has 2 N–H and O–H groups in total. The summed E-state index contributed by atoms with van der Waals surface area (Å²) in [4.78, 5) is 15.8. The average Bonchev–Trinajstić information content (AvgIpc) is 2.17. The second-order valence-electron chi connectivity index (χ2n) is 4.65. The number of carboxylic acid groups (broad SMARTS) is 1. The number of carbonyl (C=O) groups is 1. The lowest BCUT2D eigenvalue weighted by molar-refractivity contribution is -0.146. The third-order valence-corrected chi connectivity index (χ3v) is 2.85. The first kappa shape index (κ1) is 13.0. The van der Waals surface area contributed by atoms with Crippen molar-refractivity contribution in [2.45, 2.75) is 45.1 Å². The van der Waals surface area contributed by atoms with Crippen LogP contribution >= 0.6 is 0 Å². The maximum atomic E-state index is 10.7. The van der Waals surface area contributed by atoms with Gasteiger partial charge in [-0.3, -0.25) is 4.79 Å². The van der Waals surface area contributed by atoms with Gasteiger partial charge in [-0.1, -0.05) is 5.16 Å². The highest BCUT2D eigenvalue weighted by atomic mass is 16.6. The topological polar surface area (TPSA) is 79.1 Å². The molecular weight excluding hydrogens is 210 g/mol. The third kappa shape index (κ3) is 3.81. The fourth-order valence-electron chi connectivity index (χ4n) is 1.83. The minimum absolute atomic E-state index is 0.143. The van der Waals surface area contributed by atoms with Crippen molar-refractivity contribution in [1.82, 2.24) is 0 Å². The van der Waals surface area contributed by atoms with Gasteiger partial charge in [-0.25, -0.2) is 0 Å². The maximum absolute atomic E-state index is 10.7. The third-order valence-electron chi connectivity index (χ3n) is 2.85. The molecule has 5 heteroatoms. The zero-order valence-electron chi connectivity index (χ0n) is 9.77. The largest absolute Gasteiger partial charge is 0.481 e.